The third kappa shape index (κ3) is 2.94. The molecular formula is C12H15FN2O2. The number of carbonyl (C=O) groups excluding carboxylic acids is 1. The summed E-state index contributed by atoms with van der Waals surface area (Å²) in [6.45, 7) is 1.70. The summed E-state index contributed by atoms with van der Waals surface area (Å²) in [5, 5.41) is 15.5. The average Bonchev–Trinajstić information content (AvgIpc) is 2.30. The second kappa shape index (κ2) is 5.14. The van der Waals surface area contributed by atoms with Crippen LogP contribution in [-0.2, 0) is 0 Å². The van der Waals surface area contributed by atoms with E-state index in [2.05, 4.69) is 10.6 Å². The molecule has 17 heavy (non-hydrogen) atoms. The van der Waals surface area contributed by atoms with Gasteiger partial charge in [-0.25, -0.2) is 4.39 Å². The maximum absolute atomic E-state index is 12.8. The van der Waals surface area contributed by atoms with E-state index in [9.17, 15) is 14.3 Å². The number of amides is 1. The molecule has 0 aromatic heterocycles. The van der Waals surface area contributed by atoms with Crippen molar-refractivity contribution in [3.05, 3.63) is 29.6 Å². The van der Waals surface area contributed by atoms with Gasteiger partial charge in [-0.3, -0.25) is 4.79 Å². The first-order valence-corrected chi connectivity index (χ1v) is 5.67. The lowest BCUT2D eigenvalue weighted by atomic mass is 10.1. The van der Waals surface area contributed by atoms with Gasteiger partial charge >= 0.3 is 0 Å². The molecule has 1 heterocycles. The SMILES string of the molecule is O=C(NC1CCCNC1)c1ccc(F)cc1O. The van der Waals surface area contributed by atoms with E-state index >= 15 is 0 Å². The molecule has 2 rings (SSSR count). The fourth-order valence-electron chi connectivity index (χ4n) is 1.93. The van der Waals surface area contributed by atoms with Gasteiger partial charge in [0.25, 0.3) is 5.91 Å². The molecule has 92 valence electrons. The van der Waals surface area contributed by atoms with E-state index in [-0.39, 0.29) is 23.3 Å². The molecule has 1 atom stereocenters. The number of benzene rings is 1. The Balaban J connectivity index is 2.03. The Bertz CT molecular complexity index is 417. The Morgan fingerprint density at radius 3 is 3.00 bits per heavy atom. The van der Waals surface area contributed by atoms with Crippen LogP contribution >= 0.6 is 0 Å². The van der Waals surface area contributed by atoms with Gasteiger partial charge < -0.3 is 15.7 Å². The first-order chi connectivity index (χ1) is 8.16. The number of hydrogen-bond acceptors (Lipinski definition) is 3. The minimum absolute atomic E-state index is 0.0701. The summed E-state index contributed by atoms with van der Waals surface area (Å²) in [6, 6.07) is 3.46. The lowest BCUT2D eigenvalue weighted by Crippen LogP contribution is -2.45. The average molecular weight is 238 g/mol. The van der Waals surface area contributed by atoms with Crippen LogP contribution in [0.5, 0.6) is 5.75 Å². The van der Waals surface area contributed by atoms with Crippen LogP contribution in [0.4, 0.5) is 4.39 Å². The summed E-state index contributed by atoms with van der Waals surface area (Å²) < 4.78 is 12.8. The quantitative estimate of drug-likeness (QED) is 0.720. The van der Waals surface area contributed by atoms with Crippen molar-refractivity contribution in [1.29, 1.82) is 0 Å². The normalized spacial score (nSPS) is 19.9. The monoisotopic (exact) mass is 238 g/mol. The number of piperidine rings is 1. The van der Waals surface area contributed by atoms with E-state index in [1.165, 1.54) is 6.07 Å². The standard InChI is InChI=1S/C12H15FN2O2/c13-8-3-4-10(11(16)6-8)12(17)15-9-2-1-5-14-7-9/h3-4,6,9,14,16H,1-2,5,7H2,(H,15,17). The molecule has 0 bridgehead atoms. The Hall–Kier alpha value is -1.62. The molecule has 1 saturated heterocycles. The minimum atomic E-state index is -0.557. The van der Waals surface area contributed by atoms with Gasteiger partial charge in [0.05, 0.1) is 5.56 Å². The van der Waals surface area contributed by atoms with Crippen LogP contribution < -0.4 is 10.6 Å². The Labute approximate surface area is 98.8 Å². The highest BCUT2D eigenvalue weighted by Crippen LogP contribution is 2.18. The fourth-order valence-corrected chi connectivity index (χ4v) is 1.93. The van der Waals surface area contributed by atoms with Gasteiger partial charge in [-0.05, 0) is 31.5 Å². The Morgan fingerprint density at radius 1 is 1.53 bits per heavy atom. The summed E-state index contributed by atoms with van der Waals surface area (Å²) >= 11 is 0. The molecule has 3 N–H and O–H groups in total. The minimum Gasteiger partial charge on any atom is -0.507 e. The number of rotatable bonds is 2. The highest BCUT2D eigenvalue weighted by Gasteiger charge is 2.18. The summed E-state index contributed by atoms with van der Waals surface area (Å²) in [6.07, 6.45) is 1.93. The summed E-state index contributed by atoms with van der Waals surface area (Å²) in [4.78, 5) is 11.8. The zero-order chi connectivity index (χ0) is 12.3. The molecule has 1 aliphatic rings. The molecule has 1 unspecified atom stereocenters. The lowest BCUT2D eigenvalue weighted by Gasteiger charge is -2.23. The number of aromatic hydroxyl groups is 1. The van der Waals surface area contributed by atoms with Crippen LogP contribution in [0, 0.1) is 5.82 Å². The number of halogens is 1. The van der Waals surface area contributed by atoms with Gasteiger partial charge in [-0.1, -0.05) is 0 Å². The number of phenols is 1. The summed E-state index contributed by atoms with van der Waals surface area (Å²) in [7, 11) is 0. The zero-order valence-corrected chi connectivity index (χ0v) is 9.37. The van der Waals surface area contributed by atoms with Crippen LogP contribution in [0.1, 0.15) is 23.2 Å². The van der Waals surface area contributed by atoms with Crippen LogP contribution in [0.3, 0.4) is 0 Å². The van der Waals surface area contributed by atoms with E-state index in [0.717, 1.165) is 38.1 Å². The molecule has 0 radical (unpaired) electrons. The second-order valence-corrected chi connectivity index (χ2v) is 4.18. The van der Waals surface area contributed by atoms with Gasteiger partial charge in [0.2, 0.25) is 0 Å². The number of carbonyl (C=O) groups is 1. The lowest BCUT2D eigenvalue weighted by molar-refractivity contribution is 0.0928. The van der Waals surface area contributed by atoms with Crippen molar-refractivity contribution in [3.8, 4) is 5.75 Å². The van der Waals surface area contributed by atoms with Gasteiger partial charge in [0.15, 0.2) is 0 Å². The maximum atomic E-state index is 12.8. The number of phenolic OH excluding ortho intramolecular Hbond substituents is 1. The number of nitrogens with one attached hydrogen (secondary N) is 2. The van der Waals surface area contributed by atoms with E-state index < -0.39 is 5.82 Å². The topological polar surface area (TPSA) is 61.4 Å². The van der Waals surface area contributed by atoms with E-state index in [0.29, 0.717) is 0 Å². The molecule has 0 aliphatic carbocycles. The molecule has 1 aromatic carbocycles. The molecular weight excluding hydrogens is 223 g/mol. The van der Waals surface area contributed by atoms with Gasteiger partial charge in [-0.2, -0.15) is 0 Å². The molecule has 0 saturated carbocycles. The number of hydrogen-bond donors (Lipinski definition) is 3. The predicted octanol–water partition coefficient (Wildman–Crippen LogP) is 1.01. The van der Waals surface area contributed by atoms with Crippen molar-refractivity contribution in [2.75, 3.05) is 13.1 Å². The first kappa shape index (κ1) is 11.9. The van der Waals surface area contributed by atoms with Crippen LogP contribution in [0.2, 0.25) is 0 Å². The fraction of sp³-hybridized carbons (Fsp3) is 0.417. The van der Waals surface area contributed by atoms with E-state index in [4.69, 9.17) is 0 Å². The molecule has 1 aliphatic heterocycles. The Kier molecular flexibility index (Phi) is 3.58. The molecule has 1 fully saturated rings. The van der Waals surface area contributed by atoms with Gasteiger partial charge in [0.1, 0.15) is 11.6 Å². The van der Waals surface area contributed by atoms with Crippen molar-refractivity contribution in [1.82, 2.24) is 10.6 Å². The molecule has 5 heteroatoms. The van der Waals surface area contributed by atoms with Crippen molar-refractivity contribution < 1.29 is 14.3 Å². The van der Waals surface area contributed by atoms with Crippen molar-refractivity contribution in [2.24, 2.45) is 0 Å². The zero-order valence-electron chi connectivity index (χ0n) is 9.37. The molecule has 0 spiro atoms. The molecule has 4 nitrogen and oxygen atoms in total. The largest absolute Gasteiger partial charge is 0.507 e. The summed E-state index contributed by atoms with van der Waals surface area (Å²) in [5.41, 5.74) is 0.108. The van der Waals surface area contributed by atoms with Gasteiger partial charge in [0, 0.05) is 18.7 Å². The molecule has 1 amide bonds. The van der Waals surface area contributed by atoms with Crippen LogP contribution in [0.15, 0.2) is 18.2 Å². The van der Waals surface area contributed by atoms with Crippen LogP contribution in [0.25, 0.3) is 0 Å². The Morgan fingerprint density at radius 2 is 2.35 bits per heavy atom. The van der Waals surface area contributed by atoms with Gasteiger partial charge in [-0.15, -0.1) is 0 Å². The third-order valence-corrected chi connectivity index (χ3v) is 2.84. The van der Waals surface area contributed by atoms with Crippen molar-refractivity contribution in [3.63, 3.8) is 0 Å². The van der Waals surface area contributed by atoms with E-state index in [1.54, 1.807) is 0 Å². The highest BCUT2D eigenvalue weighted by atomic mass is 19.1. The van der Waals surface area contributed by atoms with Crippen molar-refractivity contribution in [2.45, 2.75) is 18.9 Å². The maximum Gasteiger partial charge on any atom is 0.255 e. The first-order valence-electron chi connectivity index (χ1n) is 5.67. The third-order valence-electron chi connectivity index (χ3n) is 2.84. The predicted molar refractivity (Wildman–Crippen MR) is 61.4 cm³/mol. The second-order valence-electron chi connectivity index (χ2n) is 4.18. The smallest absolute Gasteiger partial charge is 0.255 e. The van der Waals surface area contributed by atoms with E-state index in [1.807, 2.05) is 0 Å². The molecule has 1 aromatic rings. The van der Waals surface area contributed by atoms with Crippen molar-refractivity contribution >= 4 is 5.91 Å². The van der Waals surface area contributed by atoms with Crippen LogP contribution in [-0.4, -0.2) is 30.1 Å². The summed E-state index contributed by atoms with van der Waals surface area (Å²) in [5.74, 6) is -1.25. The highest BCUT2D eigenvalue weighted by molar-refractivity contribution is 5.96.